The van der Waals surface area contributed by atoms with Crippen LogP contribution in [0.2, 0.25) is 0 Å². The van der Waals surface area contributed by atoms with Crippen molar-refractivity contribution in [3.63, 3.8) is 0 Å². The van der Waals surface area contributed by atoms with E-state index in [0.29, 0.717) is 17.1 Å². The van der Waals surface area contributed by atoms with Crippen molar-refractivity contribution in [2.24, 2.45) is 0 Å². The van der Waals surface area contributed by atoms with Crippen molar-refractivity contribution in [2.45, 2.75) is 51.3 Å². The van der Waals surface area contributed by atoms with Crippen molar-refractivity contribution in [3.8, 4) is 5.75 Å². The standard InChI is InChI=1S/C25H33N3O6S/c1-15(27(5)6)12-17-14-35-22-19(26-24(31)34-25(2,3)4)21(29)28(22)20(17)23(30)33-13-16-8-10-18(32-7)11-9-16/h8-12,19,22H,13-14H2,1-7H3,(H,26,31)/b15-12+. The second-order valence-electron chi connectivity index (χ2n) is 9.51. The smallest absolute Gasteiger partial charge is 0.408 e. The van der Waals surface area contributed by atoms with Gasteiger partial charge in [0, 0.05) is 25.5 Å². The van der Waals surface area contributed by atoms with Crippen molar-refractivity contribution in [2.75, 3.05) is 27.0 Å². The van der Waals surface area contributed by atoms with Gasteiger partial charge in [0.15, 0.2) is 0 Å². The zero-order chi connectivity index (χ0) is 25.9. The number of β-lactam (4-membered cyclic amide) rings is 1. The van der Waals surface area contributed by atoms with Crippen LogP contribution < -0.4 is 10.1 Å². The van der Waals surface area contributed by atoms with Gasteiger partial charge in [0.05, 0.1) is 7.11 Å². The molecule has 0 aromatic heterocycles. The van der Waals surface area contributed by atoms with E-state index in [0.717, 1.165) is 11.3 Å². The summed E-state index contributed by atoms with van der Waals surface area (Å²) in [7, 11) is 5.39. The summed E-state index contributed by atoms with van der Waals surface area (Å²) in [5.41, 5.74) is 1.93. The number of hydrogen-bond donors (Lipinski definition) is 1. The van der Waals surface area contributed by atoms with Gasteiger partial charge in [-0.15, -0.1) is 11.8 Å². The third-order valence-corrected chi connectivity index (χ3v) is 6.78. The predicted octanol–water partition coefficient (Wildman–Crippen LogP) is 3.27. The minimum atomic E-state index is -0.778. The SMILES string of the molecule is COc1ccc(COC(=O)C2=C(/C=C(\C)N(C)C)CSC3C(NC(=O)OC(C)(C)C)C(=O)N23)cc1. The molecule has 0 bridgehead atoms. The molecule has 2 aliphatic rings. The van der Waals surface area contributed by atoms with Gasteiger partial charge in [-0.1, -0.05) is 12.1 Å². The van der Waals surface area contributed by atoms with Crippen molar-refractivity contribution in [3.05, 3.63) is 52.9 Å². The van der Waals surface area contributed by atoms with Crippen molar-refractivity contribution in [1.29, 1.82) is 0 Å². The molecule has 2 amide bonds. The maximum absolute atomic E-state index is 13.2. The molecule has 1 aromatic carbocycles. The summed E-state index contributed by atoms with van der Waals surface area (Å²) in [5, 5.41) is 2.22. The van der Waals surface area contributed by atoms with Crippen molar-refractivity contribution < 1.29 is 28.6 Å². The van der Waals surface area contributed by atoms with Crippen molar-refractivity contribution in [1.82, 2.24) is 15.1 Å². The number of nitrogens with one attached hydrogen (secondary N) is 1. The molecule has 0 saturated carbocycles. The number of allylic oxidation sites excluding steroid dienone is 2. The third-order valence-electron chi connectivity index (χ3n) is 5.48. The quantitative estimate of drug-likeness (QED) is 0.447. The van der Waals surface area contributed by atoms with Crippen LogP contribution in [-0.2, 0) is 25.7 Å². The summed E-state index contributed by atoms with van der Waals surface area (Å²) in [6, 6.07) is 6.42. The maximum Gasteiger partial charge on any atom is 0.408 e. The Morgan fingerprint density at radius 2 is 1.89 bits per heavy atom. The molecule has 1 N–H and O–H groups in total. The molecule has 3 rings (SSSR count). The van der Waals surface area contributed by atoms with Gasteiger partial charge in [-0.05, 0) is 57.0 Å². The molecule has 2 heterocycles. The van der Waals surface area contributed by atoms with E-state index >= 15 is 0 Å². The molecular weight excluding hydrogens is 470 g/mol. The second-order valence-corrected chi connectivity index (χ2v) is 10.6. The highest BCUT2D eigenvalue weighted by molar-refractivity contribution is 8.00. The van der Waals surface area contributed by atoms with Crippen LogP contribution in [0.25, 0.3) is 0 Å². The number of benzene rings is 1. The Balaban J connectivity index is 1.81. The second kappa shape index (κ2) is 10.6. The molecular formula is C25H33N3O6S. The fourth-order valence-electron chi connectivity index (χ4n) is 3.50. The summed E-state index contributed by atoms with van der Waals surface area (Å²) in [6.45, 7) is 7.23. The third kappa shape index (κ3) is 6.30. The van der Waals surface area contributed by atoms with Crippen molar-refractivity contribution >= 4 is 29.7 Å². The number of thioether (sulfide) groups is 1. The number of carbonyl (C=O) groups excluding carboxylic acids is 3. The van der Waals surface area contributed by atoms with E-state index in [-0.39, 0.29) is 18.2 Å². The lowest BCUT2D eigenvalue weighted by Gasteiger charge is -2.49. The zero-order valence-corrected chi connectivity index (χ0v) is 22.0. The largest absolute Gasteiger partial charge is 0.497 e. The van der Waals surface area contributed by atoms with Crippen LogP contribution in [0.5, 0.6) is 5.75 Å². The fraction of sp³-hybridized carbons (Fsp3) is 0.480. The van der Waals surface area contributed by atoms with Crippen LogP contribution in [-0.4, -0.2) is 71.7 Å². The number of rotatable bonds is 7. The summed E-state index contributed by atoms with van der Waals surface area (Å²) in [5.74, 6) is 0.223. The van der Waals surface area contributed by atoms with Crippen LogP contribution in [0.4, 0.5) is 4.79 Å². The van der Waals surface area contributed by atoms with E-state index in [1.54, 1.807) is 40.0 Å². The molecule has 9 nitrogen and oxygen atoms in total. The molecule has 190 valence electrons. The van der Waals surface area contributed by atoms with E-state index in [1.165, 1.54) is 16.7 Å². The monoisotopic (exact) mass is 503 g/mol. The summed E-state index contributed by atoms with van der Waals surface area (Å²) < 4.78 is 16.1. The zero-order valence-electron chi connectivity index (χ0n) is 21.2. The predicted molar refractivity (Wildman–Crippen MR) is 134 cm³/mol. The lowest BCUT2D eigenvalue weighted by molar-refractivity contribution is -0.152. The van der Waals surface area contributed by atoms with Gasteiger partial charge in [-0.2, -0.15) is 0 Å². The van der Waals surface area contributed by atoms with Gasteiger partial charge >= 0.3 is 12.1 Å². The first-order chi connectivity index (χ1) is 16.4. The number of ether oxygens (including phenoxy) is 3. The minimum Gasteiger partial charge on any atom is -0.497 e. The number of methoxy groups -OCH3 is 1. The Morgan fingerprint density at radius 1 is 1.23 bits per heavy atom. The van der Waals surface area contributed by atoms with Gasteiger partial charge in [0.25, 0.3) is 5.91 Å². The topological polar surface area (TPSA) is 97.4 Å². The van der Waals surface area contributed by atoms with Crippen LogP contribution in [0, 0.1) is 0 Å². The summed E-state index contributed by atoms with van der Waals surface area (Å²) >= 11 is 1.48. The van der Waals surface area contributed by atoms with E-state index < -0.39 is 29.1 Å². The first kappa shape index (κ1) is 26.5. The molecule has 2 atom stereocenters. The number of fused-ring (bicyclic) bond motifs is 1. The number of nitrogens with zero attached hydrogens (tertiary/aromatic N) is 2. The fourth-order valence-corrected chi connectivity index (χ4v) is 4.80. The normalized spacial score (nSPS) is 20.0. The van der Waals surface area contributed by atoms with Gasteiger partial charge in [-0.25, -0.2) is 9.59 Å². The van der Waals surface area contributed by atoms with Gasteiger partial charge in [-0.3, -0.25) is 9.69 Å². The Bertz CT molecular complexity index is 1040. The van der Waals surface area contributed by atoms with E-state index in [4.69, 9.17) is 14.2 Å². The molecule has 2 aliphatic heterocycles. The van der Waals surface area contributed by atoms with E-state index in [9.17, 15) is 14.4 Å². The molecule has 1 saturated heterocycles. The summed E-state index contributed by atoms with van der Waals surface area (Å²) in [4.78, 5) is 41.9. The van der Waals surface area contributed by atoms with Gasteiger partial charge < -0.3 is 24.4 Å². The highest BCUT2D eigenvalue weighted by Gasteiger charge is 2.54. The highest BCUT2D eigenvalue weighted by atomic mass is 32.2. The van der Waals surface area contributed by atoms with Gasteiger partial charge in [0.2, 0.25) is 0 Å². The Labute approximate surface area is 210 Å². The lowest BCUT2D eigenvalue weighted by Crippen LogP contribution is -2.70. The lowest BCUT2D eigenvalue weighted by atomic mass is 10.0. The highest BCUT2D eigenvalue weighted by Crippen LogP contribution is 2.41. The van der Waals surface area contributed by atoms with Gasteiger partial charge in [0.1, 0.15) is 35.1 Å². The molecule has 1 aromatic rings. The first-order valence-corrected chi connectivity index (χ1v) is 12.3. The minimum absolute atomic E-state index is 0.0510. The van der Waals surface area contributed by atoms with Crippen LogP contribution in [0.1, 0.15) is 33.3 Å². The molecule has 1 fully saturated rings. The number of esters is 1. The molecule has 0 spiro atoms. The Morgan fingerprint density at radius 3 is 2.46 bits per heavy atom. The first-order valence-electron chi connectivity index (χ1n) is 11.2. The number of hydrogen-bond acceptors (Lipinski definition) is 8. The molecule has 35 heavy (non-hydrogen) atoms. The Hall–Kier alpha value is -3.14. The number of amides is 2. The van der Waals surface area contributed by atoms with Crippen LogP contribution >= 0.6 is 11.8 Å². The maximum atomic E-state index is 13.2. The molecule has 0 aliphatic carbocycles. The van der Waals surface area contributed by atoms with Crippen LogP contribution in [0.3, 0.4) is 0 Å². The number of alkyl carbamates (subject to hydrolysis) is 1. The Kier molecular flexibility index (Phi) is 8.04. The molecule has 10 heteroatoms. The average Bonchev–Trinajstić information content (AvgIpc) is 2.79. The summed E-state index contributed by atoms with van der Waals surface area (Å²) in [6.07, 6.45) is 1.22. The number of carbonyl (C=O) groups is 3. The molecule has 2 unspecified atom stereocenters. The average molecular weight is 504 g/mol. The van der Waals surface area contributed by atoms with E-state index in [2.05, 4.69) is 5.32 Å². The van der Waals surface area contributed by atoms with Crippen LogP contribution in [0.15, 0.2) is 47.3 Å². The molecule has 0 radical (unpaired) electrons. The van der Waals surface area contributed by atoms with E-state index in [1.807, 2.05) is 44.1 Å².